The first-order valence-electron chi connectivity index (χ1n) is 7.12. The molecular weight excluding hydrogens is 264 g/mol. The van der Waals surface area contributed by atoms with Crippen LogP contribution in [0, 0.1) is 11.8 Å². The third kappa shape index (κ3) is 2.11. The molecular formula is C14H20O6-2. The molecule has 0 N–H and O–H groups in total. The number of carbonyl (C=O) groups is 2. The second-order valence-electron chi connectivity index (χ2n) is 5.59. The van der Waals surface area contributed by atoms with Gasteiger partial charge >= 0.3 is 0 Å². The molecule has 0 saturated heterocycles. The van der Waals surface area contributed by atoms with Crippen molar-refractivity contribution in [1.82, 2.24) is 0 Å². The lowest BCUT2D eigenvalue weighted by atomic mass is 9.53. The van der Waals surface area contributed by atoms with Gasteiger partial charge in [0.25, 0.3) is 0 Å². The van der Waals surface area contributed by atoms with Gasteiger partial charge in [-0.25, -0.2) is 0 Å². The Morgan fingerprint density at radius 2 is 1.20 bits per heavy atom. The molecule has 3 rings (SSSR count). The minimum atomic E-state index is -1.39. The first kappa shape index (κ1) is 15.3. The average Bonchev–Trinajstić information content (AvgIpc) is 2.39. The maximum atomic E-state index is 11.5. The standard InChI is InChI=1S/C14H22O6/c1-3-19-13-5-7-14(8-6-13,20-4-2)10(12(17)18)9(13)11(15)16/h9-10H,3-8H2,1-2H3,(H,15,16)(H,17,18)/p-2/t9-,10-,13?,14?/m1/s1. The van der Waals surface area contributed by atoms with E-state index in [0.717, 1.165) is 0 Å². The highest BCUT2D eigenvalue weighted by molar-refractivity contribution is 5.81. The molecule has 3 aliphatic rings. The number of carbonyl (C=O) groups excluding carboxylic acids is 2. The predicted octanol–water partition coefficient (Wildman–Crippen LogP) is -1.14. The smallest absolute Gasteiger partial charge is 0.0771 e. The Labute approximate surface area is 118 Å². The summed E-state index contributed by atoms with van der Waals surface area (Å²) >= 11 is 0. The van der Waals surface area contributed by atoms with Gasteiger partial charge < -0.3 is 29.3 Å². The fourth-order valence-corrected chi connectivity index (χ4v) is 4.07. The summed E-state index contributed by atoms with van der Waals surface area (Å²) in [6.45, 7) is 4.22. The summed E-state index contributed by atoms with van der Waals surface area (Å²) in [4.78, 5) is 23.1. The SMILES string of the molecule is CCOC12CCC(OCC)(CC1)[C@@H](C(=O)[O-])[C@@H]2C(=O)[O-]. The molecule has 6 nitrogen and oxygen atoms in total. The van der Waals surface area contributed by atoms with Gasteiger partial charge in [0, 0.05) is 37.0 Å². The highest BCUT2D eigenvalue weighted by Gasteiger charge is 2.62. The summed E-state index contributed by atoms with van der Waals surface area (Å²) < 4.78 is 11.3. The van der Waals surface area contributed by atoms with E-state index >= 15 is 0 Å². The first-order valence-corrected chi connectivity index (χ1v) is 7.12. The molecule has 0 aliphatic heterocycles. The van der Waals surface area contributed by atoms with Gasteiger partial charge in [0.2, 0.25) is 0 Å². The van der Waals surface area contributed by atoms with E-state index in [-0.39, 0.29) is 0 Å². The van der Waals surface area contributed by atoms with Gasteiger partial charge in [-0.2, -0.15) is 0 Å². The van der Waals surface area contributed by atoms with Crippen molar-refractivity contribution in [3.05, 3.63) is 0 Å². The largest absolute Gasteiger partial charge is 0.550 e. The summed E-state index contributed by atoms with van der Waals surface area (Å²) in [7, 11) is 0. The summed E-state index contributed by atoms with van der Waals surface area (Å²) in [5.41, 5.74) is -1.92. The number of carboxylic acids is 2. The number of carboxylic acid groups (broad SMARTS) is 2. The molecule has 3 fully saturated rings. The van der Waals surface area contributed by atoms with E-state index in [1.807, 2.05) is 0 Å². The molecule has 2 bridgehead atoms. The van der Waals surface area contributed by atoms with Crippen molar-refractivity contribution in [3.63, 3.8) is 0 Å². The van der Waals surface area contributed by atoms with E-state index < -0.39 is 35.0 Å². The van der Waals surface area contributed by atoms with Crippen molar-refractivity contribution in [3.8, 4) is 0 Å². The lowest BCUT2D eigenvalue weighted by Crippen LogP contribution is -2.70. The van der Waals surface area contributed by atoms with E-state index in [1.165, 1.54) is 0 Å². The summed E-state index contributed by atoms with van der Waals surface area (Å²) in [5, 5.41) is 23.1. The topological polar surface area (TPSA) is 98.7 Å². The molecule has 0 spiro atoms. The number of fused-ring (bicyclic) bond motifs is 3. The van der Waals surface area contributed by atoms with E-state index in [0.29, 0.717) is 38.9 Å². The van der Waals surface area contributed by atoms with Gasteiger partial charge in [0.1, 0.15) is 0 Å². The van der Waals surface area contributed by atoms with Crippen LogP contribution < -0.4 is 10.2 Å². The third-order valence-electron chi connectivity index (χ3n) is 4.78. The van der Waals surface area contributed by atoms with E-state index in [4.69, 9.17) is 9.47 Å². The molecule has 3 aliphatic carbocycles. The molecule has 0 heterocycles. The van der Waals surface area contributed by atoms with Gasteiger partial charge in [-0.3, -0.25) is 0 Å². The Kier molecular flexibility index (Phi) is 4.07. The Balaban J connectivity index is 2.45. The Morgan fingerprint density at radius 1 is 0.900 bits per heavy atom. The molecule has 3 saturated carbocycles. The van der Waals surface area contributed by atoms with Crippen LogP contribution in [0.2, 0.25) is 0 Å². The number of hydrogen-bond donors (Lipinski definition) is 0. The third-order valence-corrected chi connectivity index (χ3v) is 4.78. The van der Waals surface area contributed by atoms with E-state index in [2.05, 4.69) is 0 Å². The highest BCUT2D eigenvalue weighted by atomic mass is 16.5. The number of hydrogen-bond acceptors (Lipinski definition) is 6. The van der Waals surface area contributed by atoms with Gasteiger partial charge in [0.15, 0.2) is 0 Å². The molecule has 0 aromatic heterocycles. The zero-order valence-electron chi connectivity index (χ0n) is 11.8. The highest BCUT2D eigenvalue weighted by Crippen LogP contribution is 2.56. The van der Waals surface area contributed by atoms with Crippen LogP contribution in [0.15, 0.2) is 0 Å². The minimum absolute atomic E-state index is 0.338. The molecule has 0 amide bonds. The Bertz CT molecular complexity index is 358. The van der Waals surface area contributed by atoms with E-state index in [1.54, 1.807) is 13.8 Å². The van der Waals surface area contributed by atoms with Crippen molar-refractivity contribution in [2.75, 3.05) is 13.2 Å². The molecule has 0 aromatic carbocycles. The van der Waals surface area contributed by atoms with Crippen molar-refractivity contribution < 1.29 is 29.3 Å². The Hall–Kier alpha value is -1.14. The number of ether oxygens (including phenoxy) is 2. The molecule has 6 heteroatoms. The number of rotatable bonds is 6. The van der Waals surface area contributed by atoms with Crippen LogP contribution >= 0.6 is 0 Å². The van der Waals surface area contributed by atoms with Crippen LogP contribution in [0.4, 0.5) is 0 Å². The lowest BCUT2D eigenvalue weighted by Gasteiger charge is -2.61. The lowest BCUT2D eigenvalue weighted by molar-refractivity contribution is -0.356. The Morgan fingerprint density at radius 3 is 1.40 bits per heavy atom. The predicted molar refractivity (Wildman–Crippen MR) is 64.2 cm³/mol. The van der Waals surface area contributed by atoms with Crippen LogP contribution in [0.5, 0.6) is 0 Å². The van der Waals surface area contributed by atoms with Gasteiger partial charge in [-0.15, -0.1) is 0 Å². The van der Waals surface area contributed by atoms with Gasteiger partial charge in [-0.05, 0) is 39.5 Å². The molecule has 20 heavy (non-hydrogen) atoms. The summed E-state index contributed by atoms with van der Waals surface area (Å²) in [6, 6.07) is 0. The maximum absolute atomic E-state index is 11.5. The van der Waals surface area contributed by atoms with Crippen molar-refractivity contribution in [1.29, 1.82) is 0 Å². The van der Waals surface area contributed by atoms with Crippen LogP contribution in [0.25, 0.3) is 0 Å². The second kappa shape index (κ2) is 5.33. The molecule has 0 aromatic rings. The van der Waals surface area contributed by atoms with Crippen molar-refractivity contribution >= 4 is 11.9 Å². The zero-order valence-corrected chi connectivity index (χ0v) is 11.8. The van der Waals surface area contributed by atoms with Crippen LogP contribution in [0.3, 0.4) is 0 Å². The normalized spacial score (nSPS) is 39.7. The second-order valence-corrected chi connectivity index (χ2v) is 5.59. The van der Waals surface area contributed by atoms with Gasteiger partial charge in [0.05, 0.1) is 11.2 Å². The summed E-state index contributed by atoms with van der Waals surface area (Å²) in [5.74, 6) is -5.23. The van der Waals surface area contributed by atoms with Crippen LogP contribution in [-0.2, 0) is 19.1 Å². The summed E-state index contributed by atoms with van der Waals surface area (Å²) in [6.07, 6.45) is 1.90. The van der Waals surface area contributed by atoms with Gasteiger partial charge in [-0.1, -0.05) is 0 Å². The average molecular weight is 284 g/mol. The molecule has 0 radical (unpaired) electrons. The fourth-order valence-electron chi connectivity index (χ4n) is 4.07. The quantitative estimate of drug-likeness (QED) is 0.611. The monoisotopic (exact) mass is 284 g/mol. The fraction of sp³-hybridized carbons (Fsp3) is 0.857. The molecule has 114 valence electrons. The van der Waals surface area contributed by atoms with Crippen LogP contribution in [0.1, 0.15) is 39.5 Å². The number of aliphatic carboxylic acids is 2. The van der Waals surface area contributed by atoms with E-state index in [9.17, 15) is 19.8 Å². The molecule has 0 unspecified atom stereocenters. The maximum Gasteiger partial charge on any atom is 0.0771 e. The van der Waals surface area contributed by atoms with Crippen molar-refractivity contribution in [2.45, 2.75) is 50.7 Å². The zero-order chi connectivity index (χ0) is 15.0. The van der Waals surface area contributed by atoms with Crippen molar-refractivity contribution in [2.24, 2.45) is 11.8 Å². The first-order chi connectivity index (χ1) is 9.42. The van der Waals surface area contributed by atoms with Crippen LogP contribution in [-0.4, -0.2) is 36.4 Å². The molecule has 2 atom stereocenters. The minimum Gasteiger partial charge on any atom is -0.550 e.